The summed E-state index contributed by atoms with van der Waals surface area (Å²) in [6, 6.07) is 0.248. The predicted molar refractivity (Wildman–Crippen MR) is 73.0 cm³/mol. The average molecular weight is 295 g/mol. The van der Waals surface area contributed by atoms with Gasteiger partial charge in [-0.05, 0) is 25.2 Å². The molecule has 114 valence electrons. The quantitative estimate of drug-likeness (QED) is 0.583. The van der Waals surface area contributed by atoms with Crippen molar-refractivity contribution in [2.45, 2.75) is 38.8 Å². The van der Waals surface area contributed by atoms with Crippen LogP contribution in [0.4, 0.5) is 5.69 Å². The van der Waals surface area contributed by atoms with Crippen molar-refractivity contribution in [3.63, 3.8) is 0 Å². The van der Waals surface area contributed by atoms with Crippen LogP contribution in [-0.2, 0) is 11.3 Å². The fourth-order valence-electron chi connectivity index (χ4n) is 2.24. The number of carboxylic acid groups (broad SMARTS) is 1. The molecule has 0 bridgehead atoms. The summed E-state index contributed by atoms with van der Waals surface area (Å²) >= 11 is 0. The molecule has 1 heterocycles. The highest BCUT2D eigenvalue weighted by atomic mass is 16.6. The number of amides is 1. The zero-order valence-corrected chi connectivity index (χ0v) is 11.6. The molecule has 2 N–H and O–H groups in total. The van der Waals surface area contributed by atoms with E-state index >= 15 is 0 Å². The Kier molecular flexibility index (Phi) is 4.25. The van der Waals surface area contributed by atoms with E-state index < -0.39 is 22.8 Å². The number of nitro groups is 1. The van der Waals surface area contributed by atoms with E-state index in [0.29, 0.717) is 13.0 Å². The normalized spacial score (nSPS) is 15.5. The fourth-order valence-corrected chi connectivity index (χ4v) is 2.24. The molecule has 0 radical (unpaired) electrons. The summed E-state index contributed by atoms with van der Waals surface area (Å²) in [5.41, 5.74) is -0.0534. The molecule has 1 aromatic rings. The smallest absolute Gasteiger partial charge is 0.326 e. The molecule has 1 atom stereocenters. The summed E-state index contributed by atoms with van der Waals surface area (Å²) in [6.45, 7) is 2.34. The minimum absolute atomic E-state index is 0.0453. The number of aromatic nitrogens is 1. The Bertz CT molecular complexity index is 576. The number of aliphatic carboxylic acids is 1. The summed E-state index contributed by atoms with van der Waals surface area (Å²) < 4.78 is 1.49. The molecule has 1 fully saturated rings. The van der Waals surface area contributed by atoms with E-state index in [0.717, 1.165) is 12.8 Å². The molecule has 8 nitrogen and oxygen atoms in total. The maximum Gasteiger partial charge on any atom is 0.326 e. The van der Waals surface area contributed by atoms with E-state index in [9.17, 15) is 19.7 Å². The van der Waals surface area contributed by atoms with Crippen molar-refractivity contribution in [2.75, 3.05) is 0 Å². The number of nitrogens with zero attached hydrogens (tertiary/aromatic N) is 2. The SMILES string of the molecule is CCCn1cc([N+](=O)[O-])cc1C(=O)NC(C(=O)O)C1CC1. The standard InChI is InChI=1S/C13H17N3O5/c1-2-5-15-7-9(16(20)21)6-10(15)12(17)14-11(13(18)19)8-3-4-8/h6-8,11H,2-5H2,1H3,(H,14,17)(H,18,19). The topological polar surface area (TPSA) is 114 Å². The van der Waals surface area contributed by atoms with Crippen LogP contribution in [0.1, 0.15) is 36.7 Å². The van der Waals surface area contributed by atoms with Crippen molar-refractivity contribution in [1.29, 1.82) is 0 Å². The predicted octanol–water partition coefficient (Wildman–Crippen LogP) is 1.40. The molecule has 0 saturated heterocycles. The van der Waals surface area contributed by atoms with Crippen molar-refractivity contribution >= 4 is 17.6 Å². The van der Waals surface area contributed by atoms with Gasteiger partial charge in [0.2, 0.25) is 0 Å². The lowest BCUT2D eigenvalue weighted by Gasteiger charge is -2.14. The Morgan fingerprint density at radius 1 is 1.57 bits per heavy atom. The molecule has 1 amide bonds. The third kappa shape index (κ3) is 3.39. The van der Waals surface area contributed by atoms with Gasteiger partial charge in [0.05, 0.1) is 11.1 Å². The summed E-state index contributed by atoms with van der Waals surface area (Å²) in [7, 11) is 0. The van der Waals surface area contributed by atoms with Gasteiger partial charge >= 0.3 is 5.97 Å². The van der Waals surface area contributed by atoms with Crippen molar-refractivity contribution in [1.82, 2.24) is 9.88 Å². The van der Waals surface area contributed by atoms with Crippen LogP contribution in [0.3, 0.4) is 0 Å². The van der Waals surface area contributed by atoms with Crippen LogP contribution in [0, 0.1) is 16.0 Å². The molecule has 8 heteroatoms. The lowest BCUT2D eigenvalue weighted by atomic mass is 10.2. The summed E-state index contributed by atoms with van der Waals surface area (Å²) in [6.07, 6.45) is 3.54. The van der Waals surface area contributed by atoms with Crippen LogP contribution in [0.5, 0.6) is 0 Å². The monoisotopic (exact) mass is 295 g/mol. The Balaban J connectivity index is 2.20. The number of carboxylic acids is 1. The van der Waals surface area contributed by atoms with Crippen LogP contribution in [0.2, 0.25) is 0 Å². The van der Waals surface area contributed by atoms with Crippen molar-refractivity contribution in [3.8, 4) is 0 Å². The first-order valence-corrected chi connectivity index (χ1v) is 6.82. The number of nitrogens with one attached hydrogen (secondary N) is 1. The maximum atomic E-state index is 12.2. The van der Waals surface area contributed by atoms with Crippen LogP contribution < -0.4 is 5.32 Å². The summed E-state index contributed by atoms with van der Waals surface area (Å²) in [5, 5.41) is 22.4. The molecule has 2 rings (SSSR count). The maximum absolute atomic E-state index is 12.2. The van der Waals surface area contributed by atoms with Crippen LogP contribution in [0.25, 0.3) is 0 Å². The molecular formula is C13H17N3O5. The highest BCUT2D eigenvalue weighted by Gasteiger charge is 2.38. The van der Waals surface area contributed by atoms with E-state index in [-0.39, 0.29) is 17.3 Å². The van der Waals surface area contributed by atoms with E-state index in [1.165, 1.54) is 16.8 Å². The largest absolute Gasteiger partial charge is 0.480 e. The highest BCUT2D eigenvalue weighted by Crippen LogP contribution is 2.33. The van der Waals surface area contributed by atoms with Crippen LogP contribution >= 0.6 is 0 Å². The van der Waals surface area contributed by atoms with Gasteiger partial charge in [0.1, 0.15) is 11.7 Å². The van der Waals surface area contributed by atoms with Gasteiger partial charge in [-0.15, -0.1) is 0 Å². The van der Waals surface area contributed by atoms with Gasteiger partial charge in [-0.3, -0.25) is 14.9 Å². The molecule has 0 spiro atoms. The Morgan fingerprint density at radius 3 is 2.71 bits per heavy atom. The third-order valence-corrected chi connectivity index (χ3v) is 3.44. The van der Waals surface area contributed by atoms with Crippen molar-refractivity contribution in [3.05, 3.63) is 28.1 Å². The summed E-state index contributed by atoms with van der Waals surface area (Å²) in [5.74, 6) is -1.71. The van der Waals surface area contributed by atoms with Gasteiger partial charge in [-0.25, -0.2) is 4.79 Å². The molecule has 0 aliphatic heterocycles. The first kappa shape index (κ1) is 15.0. The average Bonchev–Trinajstić information content (AvgIpc) is 3.15. The van der Waals surface area contributed by atoms with E-state index in [4.69, 9.17) is 5.11 Å². The summed E-state index contributed by atoms with van der Waals surface area (Å²) in [4.78, 5) is 33.6. The van der Waals surface area contributed by atoms with Crippen molar-refractivity contribution < 1.29 is 19.6 Å². The second-order valence-corrected chi connectivity index (χ2v) is 5.16. The first-order valence-electron chi connectivity index (χ1n) is 6.82. The van der Waals surface area contributed by atoms with Gasteiger partial charge in [0.15, 0.2) is 0 Å². The second-order valence-electron chi connectivity index (χ2n) is 5.16. The van der Waals surface area contributed by atoms with Gasteiger partial charge < -0.3 is 15.0 Å². The first-order chi connectivity index (χ1) is 9.93. The lowest BCUT2D eigenvalue weighted by molar-refractivity contribution is -0.384. The van der Waals surface area contributed by atoms with E-state index in [2.05, 4.69) is 5.32 Å². The van der Waals surface area contributed by atoms with Gasteiger partial charge in [-0.1, -0.05) is 6.92 Å². The molecule has 1 saturated carbocycles. The molecule has 21 heavy (non-hydrogen) atoms. The Labute approximate surface area is 120 Å². The zero-order valence-electron chi connectivity index (χ0n) is 11.6. The number of hydrogen-bond acceptors (Lipinski definition) is 4. The molecule has 1 unspecified atom stereocenters. The molecule has 0 aromatic carbocycles. The highest BCUT2D eigenvalue weighted by molar-refractivity contribution is 5.96. The molecule has 1 aromatic heterocycles. The minimum Gasteiger partial charge on any atom is -0.480 e. The van der Waals surface area contributed by atoms with E-state index in [1.54, 1.807) is 0 Å². The van der Waals surface area contributed by atoms with Gasteiger partial charge in [0, 0.05) is 12.6 Å². The minimum atomic E-state index is -1.08. The fraction of sp³-hybridized carbons (Fsp3) is 0.538. The van der Waals surface area contributed by atoms with Crippen molar-refractivity contribution in [2.24, 2.45) is 5.92 Å². The number of carbonyl (C=O) groups is 2. The van der Waals surface area contributed by atoms with Gasteiger partial charge in [-0.2, -0.15) is 0 Å². The zero-order chi connectivity index (χ0) is 15.6. The Morgan fingerprint density at radius 2 is 2.24 bits per heavy atom. The number of hydrogen-bond donors (Lipinski definition) is 2. The Hall–Kier alpha value is -2.38. The van der Waals surface area contributed by atoms with Crippen LogP contribution in [0.15, 0.2) is 12.3 Å². The number of carbonyl (C=O) groups excluding carboxylic acids is 1. The third-order valence-electron chi connectivity index (χ3n) is 3.44. The molecule has 1 aliphatic rings. The molecule has 1 aliphatic carbocycles. The van der Waals surface area contributed by atoms with Gasteiger partial charge in [0.25, 0.3) is 11.6 Å². The van der Waals surface area contributed by atoms with Crippen LogP contribution in [-0.4, -0.2) is 32.5 Å². The molecular weight excluding hydrogens is 278 g/mol. The lowest BCUT2D eigenvalue weighted by Crippen LogP contribution is -2.43. The second kappa shape index (κ2) is 5.94. The van der Waals surface area contributed by atoms with E-state index in [1.807, 2.05) is 6.92 Å². The number of aryl methyl sites for hydroxylation is 1. The number of rotatable bonds is 7.